The molecule has 0 aromatic carbocycles. The number of carbonyl (C=O) groups excluding carboxylic acids is 2. The summed E-state index contributed by atoms with van der Waals surface area (Å²) in [5, 5.41) is 0. The van der Waals surface area contributed by atoms with Crippen molar-refractivity contribution in [1.82, 2.24) is 9.80 Å². The summed E-state index contributed by atoms with van der Waals surface area (Å²) in [7, 11) is 2.44. The highest BCUT2D eigenvalue weighted by molar-refractivity contribution is 6.70. The molecule has 0 saturated carbocycles. The Morgan fingerprint density at radius 1 is 1.10 bits per heavy atom. The van der Waals surface area contributed by atoms with Crippen molar-refractivity contribution in [2.75, 3.05) is 41.0 Å². The van der Waals surface area contributed by atoms with Crippen LogP contribution in [0.15, 0.2) is 11.5 Å². The summed E-state index contributed by atoms with van der Waals surface area (Å²) in [6.07, 6.45) is 1.89. The molecule has 1 saturated heterocycles. The van der Waals surface area contributed by atoms with Crippen molar-refractivity contribution in [3.05, 3.63) is 11.5 Å². The summed E-state index contributed by atoms with van der Waals surface area (Å²) < 4.78 is 21.7. The molecule has 8 nitrogen and oxygen atoms in total. The van der Waals surface area contributed by atoms with E-state index in [0.29, 0.717) is 25.6 Å². The van der Waals surface area contributed by atoms with Crippen molar-refractivity contribution < 1.29 is 28.2 Å². The Balaban J connectivity index is 3.23. The maximum atomic E-state index is 12.4. The van der Waals surface area contributed by atoms with Crippen LogP contribution in [0, 0.1) is 5.92 Å². The Kier molecular flexibility index (Phi) is 9.82. The van der Waals surface area contributed by atoms with Crippen molar-refractivity contribution in [2.24, 2.45) is 5.92 Å². The van der Waals surface area contributed by atoms with Crippen LogP contribution in [-0.2, 0) is 18.6 Å². The lowest BCUT2D eigenvalue weighted by atomic mass is 9.94. The topological polar surface area (TPSA) is 77.5 Å². The molecule has 168 valence electrons. The molecule has 1 aliphatic heterocycles. The van der Waals surface area contributed by atoms with Gasteiger partial charge in [0.2, 0.25) is 8.32 Å². The lowest BCUT2D eigenvalue weighted by molar-refractivity contribution is 0.0990. The predicted molar refractivity (Wildman–Crippen MR) is 114 cm³/mol. The first-order valence-corrected chi connectivity index (χ1v) is 13.6. The van der Waals surface area contributed by atoms with Gasteiger partial charge in [-0.2, -0.15) is 0 Å². The highest BCUT2D eigenvalue weighted by Gasteiger charge is 2.42. The van der Waals surface area contributed by atoms with E-state index >= 15 is 0 Å². The van der Waals surface area contributed by atoms with Crippen LogP contribution in [-0.4, -0.2) is 77.3 Å². The van der Waals surface area contributed by atoms with E-state index in [0.717, 1.165) is 24.8 Å². The largest absolute Gasteiger partial charge is 0.520 e. The minimum Gasteiger partial charge on any atom is -0.520 e. The van der Waals surface area contributed by atoms with Gasteiger partial charge in [-0.25, -0.2) is 9.59 Å². The number of methoxy groups -OCH3 is 3. The molecule has 0 N–H and O–H groups in total. The highest BCUT2D eigenvalue weighted by Crippen LogP contribution is 2.33. The number of hydrogen-bond donors (Lipinski definition) is 0. The molecule has 0 aromatic heterocycles. The van der Waals surface area contributed by atoms with Crippen LogP contribution >= 0.6 is 0 Å². The van der Waals surface area contributed by atoms with Gasteiger partial charge in [-0.3, -0.25) is 0 Å². The van der Waals surface area contributed by atoms with Crippen molar-refractivity contribution in [2.45, 2.75) is 58.8 Å². The predicted octanol–water partition coefficient (Wildman–Crippen LogP) is 4.04. The molecule has 2 amide bonds. The molecule has 9 heteroatoms. The van der Waals surface area contributed by atoms with Gasteiger partial charge in [-0.05, 0) is 39.4 Å². The van der Waals surface area contributed by atoms with Crippen LogP contribution in [0.4, 0.5) is 9.59 Å². The minimum absolute atomic E-state index is 0.0282. The number of amides is 2. The van der Waals surface area contributed by atoms with Crippen molar-refractivity contribution in [1.29, 1.82) is 0 Å². The van der Waals surface area contributed by atoms with Gasteiger partial charge in [0.1, 0.15) is 0 Å². The van der Waals surface area contributed by atoms with E-state index in [1.54, 1.807) is 16.9 Å². The van der Waals surface area contributed by atoms with Crippen LogP contribution in [0.2, 0.25) is 19.6 Å². The monoisotopic (exact) mass is 430 g/mol. The summed E-state index contributed by atoms with van der Waals surface area (Å²) >= 11 is 0. The fraction of sp³-hybridized carbons (Fsp3) is 0.800. The van der Waals surface area contributed by atoms with Crippen LogP contribution in [0.5, 0.6) is 0 Å². The quantitative estimate of drug-likeness (QED) is 0.406. The smallest absolute Gasteiger partial charge is 0.410 e. The molecule has 29 heavy (non-hydrogen) atoms. The molecular formula is C20H38N2O6Si. The number of carbonyl (C=O) groups is 2. The van der Waals surface area contributed by atoms with E-state index in [9.17, 15) is 9.59 Å². The Hall–Kier alpha value is -1.90. The zero-order chi connectivity index (χ0) is 22.2. The molecule has 1 fully saturated rings. The Labute approximate surface area is 176 Å². The van der Waals surface area contributed by atoms with Gasteiger partial charge in [0.15, 0.2) is 0 Å². The summed E-state index contributed by atoms with van der Waals surface area (Å²) in [6.45, 7) is 11.9. The first-order chi connectivity index (χ1) is 13.6. The SMILES string of the molecule is CCCCN(CC1CCN(C(=O)OC)C1/C(C)=C(/OC)O[Si](C)(C)C)C(=O)OC. The Morgan fingerprint density at radius 3 is 2.24 bits per heavy atom. The van der Waals surface area contributed by atoms with Gasteiger partial charge < -0.3 is 28.4 Å². The fourth-order valence-electron chi connectivity index (χ4n) is 3.66. The maximum Gasteiger partial charge on any atom is 0.410 e. The second-order valence-corrected chi connectivity index (χ2v) is 12.7. The minimum atomic E-state index is -1.91. The summed E-state index contributed by atoms with van der Waals surface area (Å²) in [4.78, 5) is 28.1. The van der Waals surface area contributed by atoms with Gasteiger partial charge in [0.25, 0.3) is 5.95 Å². The third kappa shape index (κ3) is 7.13. The van der Waals surface area contributed by atoms with E-state index in [-0.39, 0.29) is 18.1 Å². The average Bonchev–Trinajstić information content (AvgIpc) is 3.10. The van der Waals surface area contributed by atoms with Crippen LogP contribution < -0.4 is 0 Å². The molecule has 0 bridgehead atoms. The zero-order valence-electron chi connectivity index (χ0n) is 19.2. The van der Waals surface area contributed by atoms with E-state index in [4.69, 9.17) is 18.6 Å². The second kappa shape index (κ2) is 11.3. The van der Waals surface area contributed by atoms with Crippen LogP contribution in [0.3, 0.4) is 0 Å². The molecule has 0 aliphatic carbocycles. The van der Waals surface area contributed by atoms with Gasteiger partial charge in [0.05, 0.1) is 27.4 Å². The lowest BCUT2D eigenvalue weighted by Gasteiger charge is -2.33. The van der Waals surface area contributed by atoms with Gasteiger partial charge in [-0.1, -0.05) is 13.3 Å². The Bertz CT molecular complexity index is 590. The third-order valence-corrected chi connectivity index (χ3v) is 5.75. The molecule has 0 spiro atoms. The molecule has 1 rings (SSSR count). The average molecular weight is 431 g/mol. The number of hydrogen-bond acceptors (Lipinski definition) is 6. The molecule has 1 aliphatic rings. The van der Waals surface area contributed by atoms with Crippen LogP contribution in [0.25, 0.3) is 0 Å². The molecular weight excluding hydrogens is 392 g/mol. The molecule has 1 heterocycles. The Morgan fingerprint density at radius 2 is 1.76 bits per heavy atom. The molecule has 0 aromatic rings. The maximum absolute atomic E-state index is 12.4. The van der Waals surface area contributed by atoms with Gasteiger partial charge >= 0.3 is 12.2 Å². The number of ether oxygens (including phenoxy) is 3. The fourth-order valence-corrected chi connectivity index (χ4v) is 4.46. The summed E-state index contributed by atoms with van der Waals surface area (Å²) in [5.41, 5.74) is 0.836. The lowest BCUT2D eigenvalue weighted by Crippen LogP contribution is -2.44. The normalized spacial score (nSPS) is 20.1. The molecule has 0 radical (unpaired) electrons. The van der Waals surface area contributed by atoms with Crippen molar-refractivity contribution in [3.8, 4) is 0 Å². The number of unbranched alkanes of at least 4 members (excludes halogenated alkanes) is 1. The van der Waals surface area contributed by atoms with Gasteiger partial charge in [-0.15, -0.1) is 0 Å². The van der Waals surface area contributed by atoms with Crippen molar-refractivity contribution in [3.63, 3.8) is 0 Å². The third-order valence-electron chi connectivity index (χ3n) is 4.95. The van der Waals surface area contributed by atoms with E-state index in [1.807, 2.05) is 6.92 Å². The molecule has 2 atom stereocenters. The molecule has 2 unspecified atom stereocenters. The summed E-state index contributed by atoms with van der Waals surface area (Å²) in [5.74, 6) is 0.480. The highest BCUT2D eigenvalue weighted by atomic mass is 28.4. The standard InChI is InChI=1S/C20H38N2O6Si/c1-9-10-12-21(19(23)26-4)14-16-11-13-22(20(24)27-5)17(16)15(2)18(25-3)28-29(6,7)8/h16-17H,9-14H2,1-8H3/b18-15-. The first kappa shape index (κ1) is 25.1. The number of likely N-dealkylation sites (tertiary alicyclic amines) is 1. The van der Waals surface area contributed by atoms with E-state index in [1.165, 1.54) is 14.2 Å². The zero-order valence-corrected chi connectivity index (χ0v) is 20.2. The van der Waals surface area contributed by atoms with Crippen LogP contribution in [0.1, 0.15) is 33.1 Å². The number of rotatable bonds is 9. The van der Waals surface area contributed by atoms with E-state index < -0.39 is 14.4 Å². The second-order valence-electron chi connectivity index (χ2n) is 8.32. The van der Waals surface area contributed by atoms with E-state index in [2.05, 4.69) is 26.6 Å². The first-order valence-electron chi connectivity index (χ1n) is 10.2. The van der Waals surface area contributed by atoms with Crippen molar-refractivity contribution >= 4 is 20.5 Å². The number of nitrogens with zero attached hydrogens (tertiary/aromatic N) is 2. The summed E-state index contributed by atoms with van der Waals surface area (Å²) in [6, 6.07) is -0.275. The van der Waals surface area contributed by atoms with Gasteiger partial charge in [0, 0.05) is 31.1 Å².